The highest BCUT2D eigenvalue weighted by atomic mass is 35.5. The molecule has 15 heavy (non-hydrogen) atoms. The molecule has 3 heteroatoms. The van der Waals surface area contributed by atoms with E-state index < -0.39 is 0 Å². The van der Waals surface area contributed by atoms with Gasteiger partial charge in [0.2, 0.25) is 0 Å². The van der Waals surface area contributed by atoms with Gasteiger partial charge in [0.1, 0.15) is 0 Å². The molecule has 0 saturated carbocycles. The molecule has 0 amide bonds. The third-order valence-electron chi connectivity index (χ3n) is 2.63. The Kier molecular flexibility index (Phi) is 5.09. The Labute approximate surface area is 96.5 Å². The molecule has 1 N–H and O–H groups in total. The van der Waals surface area contributed by atoms with Crippen LogP contribution in [0.3, 0.4) is 0 Å². The fraction of sp³-hybridized carbons (Fsp3) is 0.500. The van der Waals surface area contributed by atoms with Gasteiger partial charge in [0.05, 0.1) is 6.61 Å². The molecule has 2 nitrogen and oxygen atoms in total. The number of aliphatic hydroxyl groups excluding tert-OH is 1. The average Bonchev–Trinajstić information content (AvgIpc) is 2.22. The van der Waals surface area contributed by atoms with Crippen LogP contribution in [-0.4, -0.2) is 30.2 Å². The first-order valence-electron chi connectivity index (χ1n) is 5.25. The lowest BCUT2D eigenvalue weighted by atomic mass is 10.0. The van der Waals surface area contributed by atoms with Crippen LogP contribution < -0.4 is 0 Å². The van der Waals surface area contributed by atoms with Crippen LogP contribution in [0.4, 0.5) is 0 Å². The van der Waals surface area contributed by atoms with E-state index in [0.717, 1.165) is 11.4 Å². The van der Waals surface area contributed by atoms with Gasteiger partial charge < -0.3 is 5.11 Å². The zero-order valence-electron chi connectivity index (χ0n) is 9.28. The summed E-state index contributed by atoms with van der Waals surface area (Å²) in [4.78, 5) is 2.16. The molecule has 1 rings (SSSR count). The lowest BCUT2D eigenvalue weighted by Gasteiger charge is -2.26. The molecule has 0 saturated heterocycles. The molecular formula is C12H18ClNO. The highest BCUT2D eigenvalue weighted by Crippen LogP contribution is 2.23. The first-order chi connectivity index (χ1) is 7.19. The van der Waals surface area contributed by atoms with Crippen LogP contribution in [0.25, 0.3) is 0 Å². The number of hydrogen-bond acceptors (Lipinski definition) is 2. The maximum atomic E-state index is 8.91. The van der Waals surface area contributed by atoms with Gasteiger partial charge in [-0.25, -0.2) is 0 Å². The largest absolute Gasteiger partial charge is 0.395 e. The molecule has 0 bridgehead atoms. The number of rotatable bonds is 5. The van der Waals surface area contributed by atoms with Crippen molar-refractivity contribution in [3.8, 4) is 0 Å². The van der Waals surface area contributed by atoms with E-state index in [4.69, 9.17) is 16.7 Å². The predicted octanol–water partition coefficient (Wildman–Crippen LogP) is 2.72. The van der Waals surface area contributed by atoms with Crippen molar-refractivity contribution in [1.82, 2.24) is 4.90 Å². The minimum Gasteiger partial charge on any atom is -0.395 e. The first-order valence-corrected chi connectivity index (χ1v) is 5.63. The van der Waals surface area contributed by atoms with Crippen molar-refractivity contribution in [2.75, 3.05) is 20.2 Å². The topological polar surface area (TPSA) is 23.5 Å². The predicted molar refractivity (Wildman–Crippen MR) is 64.2 cm³/mol. The highest BCUT2D eigenvalue weighted by Gasteiger charge is 2.13. The van der Waals surface area contributed by atoms with Gasteiger partial charge in [0.15, 0.2) is 0 Å². The van der Waals surface area contributed by atoms with E-state index in [1.807, 2.05) is 31.3 Å². The second-order valence-electron chi connectivity index (χ2n) is 3.68. The standard InChI is InChI=1S/C12H18ClNO/c1-3-12(14(2)8-9-15)10-4-6-11(13)7-5-10/h4-7,12,15H,3,8-9H2,1-2H3. The zero-order chi connectivity index (χ0) is 11.3. The summed E-state index contributed by atoms with van der Waals surface area (Å²) < 4.78 is 0. The minimum absolute atomic E-state index is 0.195. The van der Waals surface area contributed by atoms with Gasteiger partial charge in [-0.05, 0) is 31.2 Å². The minimum atomic E-state index is 0.195. The monoisotopic (exact) mass is 227 g/mol. The van der Waals surface area contributed by atoms with E-state index in [-0.39, 0.29) is 6.61 Å². The second-order valence-corrected chi connectivity index (χ2v) is 4.12. The fourth-order valence-corrected chi connectivity index (χ4v) is 1.93. The lowest BCUT2D eigenvalue weighted by molar-refractivity contribution is 0.177. The number of benzene rings is 1. The van der Waals surface area contributed by atoms with Crippen molar-refractivity contribution in [2.24, 2.45) is 0 Å². The van der Waals surface area contributed by atoms with Crippen LogP contribution in [0.2, 0.25) is 5.02 Å². The van der Waals surface area contributed by atoms with Crippen molar-refractivity contribution in [1.29, 1.82) is 0 Å². The van der Waals surface area contributed by atoms with Crippen molar-refractivity contribution in [3.63, 3.8) is 0 Å². The summed E-state index contributed by atoms with van der Waals surface area (Å²) in [5.74, 6) is 0. The molecule has 0 aliphatic rings. The molecule has 0 spiro atoms. The van der Waals surface area contributed by atoms with Gasteiger partial charge in [0, 0.05) is 17.6 Å². The third-order valence-corrected chi connectivity index (χ3v) is 2.88. The van der Waals surface area contributed by atoms with Gasteiger partial charge in [-0.1, -0.05) is 30.7 Å². The average molecular weight is 228 g/mol. The second kappa shape index (κ2) is 6.11. The van der Waals surface area contributed by atoms with Gasteiger partial charge in [-0.15, -0.1) is 0 Å². The Morgan fingerprint density at radius 2 is 1.93 bits per heavy atom. The quantitative estimate of drug-likeness (QED) is 0.836. The molecule has 84 valence electrons. The van der Waals surface area contributed by atoms with Gasteiger partial charge in [-0.3, -0.25) is 4.90 Å². The molecule has 0 aliphatic heterocycles. The van der Waals surface area contributed by atoms with Crippen LogP contribution in [0.5, 0.6) is 0 Å². The van der Waals surface area contributed by atoms with Crippen LogP contribution in [-0.2, 0) is 0 Å². The molecule has 1 aromatic carbocycles. The number of halogens is 1. The van der Waals surface area contributed by atoms with E-state index in [0.29, 0.717) is 12.6 Å². The Hall–Kier alpha value is -0.570. The summed E-state index contributed by atoms with van der Waals surface area (Å²) >= 11 is 5.85. The van der Waals surface area contributed by atoms with E-state index in [1.165, 1.54) is 5.56 Å². The van der Waals surface area contributed by atoms with Gasteiger partial charge >= 0.3 is 0 Å². The maximum absolute atomic E-state index is 8.91. The number of likely N-dealkylation sites (N-methyl/N-ethyl adjacent to an activating group) is 1. The SMILES string of the molecule is CCC(c1ccc(Cl)cc1)N(C)CCO. The molecule has 1 atom stereocenters. The van der Waals surface area contributed by atoms with E-state index in [9.17, 15) is 0 Å². The summed E-state index contributed by atoms with van der Waals surface area (Å²) in [6.45, 7) is 3.04. The summed E-state index contributed by atoms with van der Waals surface area (Å²) in [6.07, 6.45) is 1.03. The maximum Gasteiger partial charge on any atom is 0.0558 e. The van der Waals surface area contributed by atoms with Crippen molar-refractivity contribution >= 4 is 11.6 Å². The summed E-state index contributed by atoms with van der Waals surface area (Å²) in [5, 5.41) is 9.67. The van der Waals surface area contributed by atoms with Crippen molar-refractivity contribution in [3.05, 3.63) is 34.9 Å². The molecule has 0 aromatic heterocycles. The molecular weight excluding hydrogens is 210 g/mol. The smallest absolute Gasteiger partial charge is 0.0558 e. The van der Waals surface area contributed by atoms with Crippen molar-refractivity contribution < 1.29 is 5.11 Å². The van der Waals surface area contributed by atoms with Crippen LogP contribution in [0, 0.1) is 0 Å². The molecule has 0 aliphatic carbocycles. The van der Waals surface area contributed by atoms with Crippen LogP contribution in [0.15, 0.2) is 24.3 Å². The van der Waals surface area contributed by atoms with Crippen molar-refractivity contribution in [2.45, 2.75) is 19.4 Å². The number of nitrogens with zero attached hydrogens (tertiary/aromatic N) is 1. The van der Waals surface area contributed by atoms with E-state index in [1.54, 1.807) is 0 Å². The summed E-state index contributed by atoms with van der Waals surface area (Å²) in [6, 6.07) is 8.27. The molecule has 0 heterocycles. The molecule has 0 radical (unpaired) electrons. The number of hydrogen-bond donors (Lipinski definition) is 1. The Morgan fingerprint density at radius 3 is 2.40 bits per heavy atom. The molecule has 0 fully saturated rings. The summed E-state index contributed by atoms with van der Waals surface area (Å²) in [7, 11) is 2.03. The third kappa shape index (κ3) is 3.49. The fourth-order valence-electron chi connectivity index (χ4n) is 1.80. The van der Waals surface area contributed by atoms with E-state index >= 15 is 0 Å². The van der Waals surface area contributed by atoms with Crippen LogP contribution in [0.1, 0.15) is 24.9 Å². The zero-order valence-corrected chi connectivity index (χ0v) is 10.0. The molecule has 1 aromatic rings. The first kappa shape index (κ1) is 12.5. The lowest BCUT2D eigenvalue weighted by Crippen LogP contribution is -2.27. The Bertz CT molecular complexity index is 286. The normalized spacial score (nSPS) is 13.1. The molecule has 1 unspecified atom stereocenters. The number of aliphatic hydroxyl groups is 1. The Balaban J connectivity index is 2.77. The van der Waals surface area contributed by atoms with E-state index in [2.05, 4.69) is 11.8 Å². The highest BCUT2D eigenvalue weighted by molar-refractivity contribution is 6.30. The van der Waals surface area contributed by atoms with Gasteiger partial charge in [0.25, 0.3) is 0 Å². The van der Waals surface area contributed by atoms with Crippen LogP contribution >= 0.6 is 11.6 Å². The Morgan fingerprint density at radius 1 is 1.33 bits per heavy atom. The summed E-state index contributed by atoms with van der Waals surface area (Å²) in [5.41, 5.74) is 1.25. The van der Waals surface area contributed by atoms with Gasteiger partial charge in [-0.2, -0.15) is 0 Å².